The molecule has 3 aromatic rings. The topological polar surface area (TPSA) is 72.4 Å². The molecular formula is C17H20N4OS. The molecule has 0 aliphatic heterocycles. The molecule has 120 valence electrons. The summed E-state index contributed by atoms with van der Waals surface area (Å²) in [7, 11) is 0. The van der Waals surface area contributed by atoms with Gasteiger partial charge in [0.15, 0.2) is 4.96 Å². The van der Waals surface area contributed by atoms with Crippen LogP contribution in [0, 0.1) is 5.92 Å². The van der Waals surface area contributed by atoms with Crippen LogP contribution in [0.25, 0.3) is 16.2 Å². The molecule has 3 N–H and O–H groups in total. The van der Waals surface area contributed by atoms with Crippen LogP contribution in [0.3, 0.4) is 0 Å². The van der Waals surface area contributed by atoms with E-state index in [-0.39, 0.29) is 5.91 Å². The average Bonchev–Trinajstić information content (AvgIpc) is 3.08. The summed E-state index contributed by atoms with van der Waals surface area (Å²) in [5.41, 5.74) is 8.58. The van der Waals surface area contributed by atoms with Crippen LogP contribution in [0.2, 0.25) is 0 Å². The molecule has 6 heteroatoms. The number of anilines is 1. The summed E-state index contributed by atoms with van der Waals surface area (Å²) in [4.78, 5) is 17.6. The van der Waals surface area contributed by atoms with Gasteiger partial charge >= 0.3 is 0 Å². The van der Waals surface area contributed by atoms with Crippen molar-refractivity contribution in [3.8, 4) is 11.3 Å². The second-order valence-electron chi connectivity index (χ2n) is 6.02. The molecule has 0 saturated heterocycles. The zero-order valence-corrected chi connectivity index (χ0v) is 14.0. The number of thiazole rings is 1. The molecule has 0 fully saturated rings. The van der Waals surface area contributed by atoms with Crippen LogP contribution in [0.4, 0.5) is 5.69 Å². The Bertz CT molecular complexity index is 775. The highest BCUT2D eigenvalue weighted by Crippen LogP contribution is 2.23. The third-order valence-corrected chi connectivity index (χ3v) is 4.37. The first kappa shape index (κ1) is 15.7. The highest BCUT2D eigenvalue weighted by atomic mass is 32.1. The van der Waals surface area contributed by atoms with Crippen molar-refractivity contribution in [1.82, 2.24) is 9.38 Å². The van der Waals surface area contributed by atoms with Crippen molar-refractivity contribution in [1.29, 1.82) is 0 Å². The smallest absolute Gasteiger partial charge is 0.241 e. The molecule has 2 aromatic heterocycles. The fraction of sp³-hybridized carbons (Fsp3) is 0.294. The van der Waals surface area contributed by atoms with Crippen LogP contribution in [0.1, 0.15) is 20.3 Å². The van der Waals surface area contributed by atoms with E-state index in [1.807, 2.05) is 46.4 Å². The van der Waals surface area contributed by atoms with E-state index in [0.29, 0.717) is 12.3 Å². The molecule has 1 atom stereocenters. The molecule has 1 amide bonds. The summed E-state index contributed by atoms with van der Waals surface area (Å²) in [5, 5.41) is 4.86. The molecule has 0 spiro atoms. The van der Waals surface area contributed by atoms with Crippen LogP contribution >= 0.6 is 11.3 Å². The van der Waals surface area contributed by atoms with E-state index in [2.05, 4.69) is 24.1 Å². The van der Waals surface area contributed by atoms with Gasteiger partial charge in [0.25, 0.3) is 0 Å². The van der Waals surface area contributed by atoms with E-state index in [1.54, 1.807) is 11.3 Å². The predicted molar refractivity (Wildman–Crippen MR) is 94.6 cm³/mol. The summed E-state index contributed by atoms with van der Waals surface area (Å²) >= 11 is 1.60. The van der Waals surface area contributed by atoms with Crippen molar-refractivity contribution in [3.63, 3.8) is 0 Å². The largest absolute Gasteiger partial charge is 0.325 e. The van der Waals surface area contributed by atoms with Crippen LogP contribution in [-0.2, 0) is 4.79 Å². The molecule has 3 rings (SSSR count). The molecule has 0 bridgehead atoms. The minimum Gasteiger partial charge on any atom is -0.325 e. The number of hydrogen-bond acceptors (Lipinski definition) is 4. The number of aromatic nitrogens is 2. The molecule has 1 aromatic carbocycles. The molecule has 0 aliphatic carbocycles. The van der Waals surface area contributed by atoms with Gasteiger partial charge in [-0.25, -0.2) is 4.98 Å². The molecular weight excluding hydrogens is 308 g/mol. The van der Waals surface area contributed by atoms with Crippen LogP contribution in [0.15, 0.2) is 42.0 Å². The number of rotatable bonds is 5. The van der Waals surface area contributed by atoms with Crippen molar-refractivity contribution < 1.29 is 4.79 Å². The Balaban J connectivity index is 1.69. The van der Waals surface area contributed by atoms with Crippen LogP contribution in [0.5, 0.6) is 0 Å². The van der Waals surface area contributed by atoms with E-state index >= 15 is 0 Å². The van der Waals surface area contributed by atoms with E-state index in [4.69, 9.17) is 5.73 Å². The first-order valence-electron chi connectivity index (χ1n) is 7.62. The highest BCUT2D eigenvalue weighted by Gasteiger charge is 2.15. The van der Waals surface area contributed by atoms with Gasteiger partial charge in [0.1, 0.15) is 0 Å². The maximum atomic E-state index is 12.0. The summed E-state index contributed by atoms with van der Waals surface area (Å²) in [6.45, 7) is 4.11. The molecule has 2 heterocycles. The molecule has 5 nitrogen and oxygen atoms in total. The highest BCUT2D eigenvalue weighted by molar-refractivity contribution is 7.15. The first-order valence-corrected chi connectivity index (χ1v) is 8.50. The number of carbonyl (C=O) groups is 1. The number of carbonyl (C=O) groups excluding carboxylic acids is 1. The summed E-state index contributed by atoms with van der Waals surface area (Å²) in [6.07, 6.45) is 4.66. The Morgan fingerprint density at radius 2 is 2.09 bits per heavy atom. The monoisotopic (exact) mass is 328 g/mol. The van der Waals surface area contributed by atoms with Gasteiger partial charge in [-0.3, -0.25) is 9.20 Å². The number of benzene rings is 1. The number of nitrogens with two attached hydrogens (primary N) is 1. The van der Waals surface area contributed by atoms with Gasteiger partial charge < -0.3 is 11.1 Å². The van der Waals surface area contributed by atoms with Crippen molar-refractivity contribution >= 4 is 27.9 Å². The number of imidazole rings is 1. The maximum Gasteiger partial charge on any atom is 0.241 e. The Labute approximate surface area is 139 Å². The Hall–Kier alpha value is -2.18. The van der Waals surface area contributed by atoms with E-state index in [9.17, 15) is 4.79 Å². The second-order valence-corrected chi connectivity index (χ2v) is 6.89. The zero-order chi connectivity index (χ0) is 16.4. The van der Waals surface area contributed by atoms with E-state index < -0.39 is 6.04 Å². The summed E-state index contributed by atoms with van der Waals surface area (Å²) < 4.78 is 2.00. The lowest BCUT2D eigenvalue weighted by Crippen LogP contribution is -2.36. The van der Waals surface area contributed by atoms with Crippen molar-refractivity contribution in [2.75, 3.05) is 5.32 Å². The van der Waals surface area contributed by atoms with Gasteiger partial charge in [0.2, 0.25) is 5.91 Å². The number of hydrogen-bond donors (Lipinski definition) is 2. The summed E-state index contributed by atoms with van der Waals surface area (Å²) in [5.74, 6) is 0.252. The van der Waals surface area contributed by atoms with Crippen LogP contribution in [-0.4, -0.2) is 21.3 Å². The Kier molecular flexibility index (Phi) is 4.45. The van der Waals surface area contributed by atoms with Crippen molar-refractivity contribution in [3.05, 3.63) is 42.0 Å². The maximum absolute atomic E-state index is 12.0. The van der Waals surface area contributed by atoms with Crippen LogP contribution < -0.4 is 11.1 Å². The number of nitrogens with zero attached hydrogens (tertiary/aromatic N) is 2. The normalized spacial score (nSPS) is 12.7. The summed E-state index contributed by atoms with van der Waals surface area (Å²) in [6, 6.07) is 7.19. The average molecular weight is 328 g/mol. The quantitative estimate of drug-likeness (QED) is 0.754. The fourth-order valence-corrected chi connectivity index (χ4v) is 3.14. The number of fused-ring (bicyclic) bond motifs is 1. The third-order valence-electron chi connectivity index (χ3n) is 3.60. The van der Waals surface area contributed by atoms with Gasteiger partial charge in [0, 0.05) is 29.0 Å². The predicted octanol–water partition coefficient (Wildman–Crippen LogP) is 3.37. The lowest BCUT2D eigenvalue weighted by Gasteiger charge is -2.14. The molecule has 23 heavy (non-hydrogen) atoms. The number of amides is 1. The van der Waals surface area contributed by atoms with E-state index in [0.717, 1.165) is 21.9 Å². The zero-order valence-electron chi connectivity index (χ0n) is 13.2. The van der Waals surface area contributed by atoms with E-state index in [1.165, 1.54) is 0 Å². The van der Waals surface area contributed by atoms with Gasteiger partial charge in [-0.2, -0.15) is 0 Å². The fourth-order valence-electron chi connectivity index (χ4n) is 2.44. The van der Waals surface area contributed by atoms with Gasteiger partial charge in [0.05, 0.1) is 11.7 Å². The molecule has 0 aliphatic rings. The lowest BCUT2D eigenvalue weighted by molar-refractivity contribution is -0.117. The van der Waals surface area contributed by atoms with Gasteiger partial charge in [-0.05, 0) is 24.5 Å². The minimum atomic E-state index is -0.477. The minimum absolute atomic E-state index is 0.144. The van der Waals surface area contributed by atoms with Gasteiger partial charge in [-0.1, -0.05) is 26.0 Å². The third kappa shape index (κ3) is 3.60. The lowest BCUT2D eigenvalue weighted by atomic mass is 10.0. The van der Waals surface area contributed by atoms with Crippen molar-refractivity contribution in [2.45, 2.75) is 26.3 Å². The molecule has 0 radical (unpaired) electrons. The Morgan fingerprint density at radius 3 is 2.74 bits per heavy atom. The standard InChI is InChI=1S/C17H20N4OS/c1-11(2)9-14(18)16(22)19-13-5-3-12(4-6-13)15-10-21-7-8-23-17(21)20-15/h3-8,10-11,14H,9,18H2,1-2H3,(H,19,22)/t14-/m0/s1. The SMILES string of the molecule is CC(C)C[C@H](N)C(=O)Nc1ccc(-c2cn3ccsc3n2)cc1. The number of nitrogens with one attached hydrogen (secondary N) is 1. The molecule has 0 unspecified atom stereocenters. The Morgan fingerprint density at radius 1 is 1.35 bits per heavy atom. The molecule has 0 saturated carbocycles. The van der Waals surface area contributed by atoms with Crippen molar-refractivity contribution in [2.24, 2.45) is 11.7 Å². The van der Waals surface area contributed by atoms with Gasteiger partial charge in [-0.15, -0.1) is 11.3 Å². The second kappa shape index (κ2) is 6.52. The first-order chi connectivity index (χ1) is 11.0.